The summed E-state index contributed by atoms with van der Waals surface area (Å²) in [5.41, 5.74) is 0. The van der Waals surface area contributed by atoms with Crippen molar-refractivity contribution in [2.24, 2.45) is 0 Å². The topological polar surface area (TPSA) is 78.9 Å². The Hall–Kier alpha value is -3.67. The molecule has 0 spiro atoms. The van der Waals surface area contributed by atoms with Crippen LogP contribution in [-0.2, 0) is 28.6 Å². The third kappa shape index (κ3) is 55.3. The molecule has 6 nitrogen and oxygen atoms in total. The monoisotopic (exact) mass is 973 g/mol. The Kier molecular flexibility index (Phi) is 54.9. The molecular weight excluding hydrogens is 865 g/mol. The van der Waals surface area contributed by atoms with Crippen molar-refractivity contribution in [1.82, 2.24) is 0 Å². The second-order valence-electron chi connectivity index (χ2n) is 19.2. The molecule has 0 saturated carbocycles. The minimum atomic E-state index is -0.831. The first-order valence-corrected chi connectivity index (χ1v) is 29.2. The molecule has 1 unspecified atom stereocenters. The molecule has 0 aliphatic heterocycles. The molecule has 0 heterocycles. The molecule has 0 saturated heterocycles. The van der Waals surface area contributed by atoms with E-state index >= 15 is 0 Å². The number of hydrogen-bond donors (Lipinski definition) is 0. The third-order valence-electron chi connectivity index (χ3n) is 12.4. The Morgan fingerprint density at radius 2 is 0.600 bits per heavy atom. The molecule has 0 aromatic heterocycles. The highest BCUT2D eigenvalue weighted by Crippen LogP contribution is 2.15. The van der Waals surface area contributed by atoms with Gasteiger partial charge in [-0.15, -0.1) is 0 Å². The Bertz CT molecular complexity index is 1400. The lowest BCUT2D eigenvalue weighted by atomic mass is 10.0. The van der Waals surface area contributed by atoms with Gasteiger partial charge in [0, 0.05) is 12.8 Å². The van der Waals surface area contributed by atoms with Crippen molar-refractivity contribution < 1.29 is 28.6 Å². The fraction of sp³-hybridized carbons (Fsp3) is 0.703. The van der Waals surface area contributed by atoms with E-state index in [-0.39, 0.29) is 31.6 Å². The lowest BCUT2D eigenvalue weighted by Gasteiger charge is -2.18. The first kappa shape index (κ1) is 66.3. The molecule has 70 heavy (non-hydrogen) atoms. The van der Waals surface area contributed by atoms with Gasteiger partial charge in [0.15, 0.2) is 6.10 Å². The largest absolute Gasteiger partial charge is 0.462 e. The molecule has 0 amide bonds. The van der Waals surface area contributed by atoms with Crippen LogP contribution in [0.15, 0.2) is 97.2 Å². The average molecular weight is 974 g/mol. The van der Waals surface area contributed by atoms with Crippen molar-refractivity contribution in [2.45, 2.75) is 277 Å². The molecule has 1 atom stereocenters. The number of rotatable bonds is 52. The molecule has 0 N–H and O–H groups in total. The second kappa shape index (κ2) is 57.9. The van der Waals surface area contributed by atoms with Crippen LogP contribution in [0.1, 0.15) is 271 Å². The highest BCUT2D eigenvalue weighted by Gasteiger charge is 2.19. The maximum Gasteiger partial charge on any atom is 0.310 e. The smallest absolute Gasteiger partial charge is 0.310 e. The predicted molar refractivity (Wildman–Crippen MR) is 302 cm³/mol. The van der Waals surface area contributed by atoms with Crippen LogP contribution >= 0.6 is 0 Å². The Balaban J connectivity index is 4.29. The number of ether oxygens (including phenoxy) is 3. The summed E-state index contributed by atoms with van der Waals surface area (Å²) >= 11 is 0. The Morgan fingerprint density at radius 1 is 0.314 bits per heavy atom. The van der Waals surface area contributed by atoms with Crippen molar-refractivity contribution in [2.75, 3.05) is 13.2 Å². The zero-order valence-corrected chi connectivity index (χ0v) is 45.8. The van der Waals surface area contributed by atoms with Crippen LogP contribution in [-0.4, -0.2) is 37.2 Å². The van der Waals surface area contributed by atoms with Crippen LogP contribution in [0.25, 0.3) is 0 Å². The molecule has 0 aromatic rings. The van der Waals surface area contributed by atoms with E-state index in [4.69, 9.17) is 14.2 Å². The van der Waals surface area contributed by atoms with Crippen molar-refractivity contribution in [3.8, 4) is 0 Å². The summed E-state index contributed by atoms with van der Waals surface area (Å²) in [5, 5.41) is 0. The maximum absolute atomic E-state index is 12.8. The number of carbonyl (C=O) groups is 3. The molecule has 0 rings (SSSR count). The number of esters is 3. The molecule has 0 aromatic carbocycles. The molecular formula is C64H108O6. The Labute approximate surface area is 432 Å². The van der Waals surface area contributed by atoms with Crippen LogP contribution in [0.3, 0.4) is 0 Å². The van der Waals surface area contributed by atoms with Gasteiger partial charge in [0.1, 0.15) is 13.2 Å². The van der Waals surface area contributed by atoms with Crippen LogP contribution in [0.4, 0.5) is 0 Å². The van der Waals surface area contributed by atoms with Crippen molar-refractivity contribution in [3.63, 3.8) is 0 Å². The summed E-state index contributed by atoms with van der Waals surface area (Å²) < 4.78 is 16.7. The van der Waals surface area contributed by atoms with E-state index in [1.807, 2.05) is 6.08 Å². The summed E-state index contributed by atoms with van der Waals surface area (Å²) in [6.07, 6.45) is 77.3. The molecule has 400 valence electrons. The van der Waals surface area contributed by atoms with Gasteiger partial charge in [-0.05, 0) is 83.5 Å². The predicted octanol–water partition coefficient (Wildman–Crippen LogP) is 19.7. The van der Waals surface area contributed by atoms with Crippen LogP contribution in [0.2, 0.25) is 0 Å². The van der Waals surface area contributed by atoms with E-state index in [1.54, 1.807) is 6.08 Å². The number of hydrogen-bond acceptors (Lipinski definition) is 6. The first-order chi connectivity index (χ1) is 34.5. The number of carbonyl (C=O) groups excluding carboxylic acids is 3. The van der Waals surface area contributed by atoms with Gasteiger partial charge < -0.3 is 14.2 Å². The van der Waals surface area contributed by atoms with Gasteiger partial charge in [-0.2, -0.15) is 0 Å². The summed E-state index contributed by atoms with van der Waals surface area (Å²) in [6, 6.07) is 0. The molecule has 0 radical (unpaired) electrons. The highest BCUT2D eigenvalue weighted by molar-refractivity contribution is 5.72. The number of unbranched alkanes of at least 4 members (excludes halogenated alkanes) is 26. The lowest BCUT2D eigenvalue weighted by Crippen LogP contribution is -2.30. The fourth-order valence-corrected chi connectivity index (χ4v) is 8.00. The summed E-state index contributed by atoms with van der Waals surface area (Å²) in [7, 11) is 0. The van der Waals surface area contributed by atoms with Gasteiger partial charge in [-0.1, -0.05) is 266 Å². The van der Waals surface area contributed by atoms with E-state index in [2.05, 4.69) is 106 Å². The van der Waals surface area contributed by atoms with Gasteiger partial charge in [0.25, 0.3) is 0 Å². The second-order valence-corrected chi connectivity index (χ2v) is 19.2. The third-order valence-corrected chi connectivity index (χ3v) is 12.4. The summed E-state index contributed by atoms with van der Waals surface area (Å²) in [5.74, 6) is -1.05. The molecule has 0 bridgehead atoms. The van der Waals surface area contributed by atoms with Gasteiger partial charge in [-0.3, -0.25) is 14.4 Å². The quantitative estimate of drug-likeness (QED) is 0.0262. The summed E-state index contributed by atoms with van der Waals surface area (Å²) in [4.78, 5) is 38.0. The summed E-state index contributed by atoms with van der Waals surface area (Å²) in [6.45, 7) is 6.42. The van der Waals surface area contributed by atoms with E-state index in [0.29, 0.717) is 12.8 Å². The van der Waals surface area contributed by atoms with E-state index in [9.17, 15) is 14.4 Å². The molecule has 0 aliphatic rings. The minimum Gasteiger partial charge on any atom is -0.462 e. The molecule has 0 aliphatic carbocycles. The number of allylic oxidation sites excluding steroid dienone is 15. The van der Waals surface area contributed by atoms with Crippen LogP contribution in [0, 0.1) is 0 Å². The van der Waals surface area contributed by atoms with Crippen LogP contribution in [0.5, 0.6) is 0 Å². The Morgan fingerprint density at radius 3 is 0.943 bits per heavy atom. The van der Waals surface area contributed by atoms with Gasteiger partial charge in [-0.25, -0.2) is 0 Å². The van der Waals surface area contributed by atoms with Crippen molar-refractivity contribution in [3.05, 3.63) is 97.2 Å². The van der Waals surface area contributed by atoms with Crippen LogP contribution < -0.4 is 0 Å². The van der Waals surface area contributed by atoms with Gasteiger partial charge in [0.05, 0.1) is 6.42 Å². The minimum absolute atomic E-state index is 0.0966. The average Bonchev–Trinajstić information content (AvgIpc) is 3.36. The van der Waals surface area contributed by atoms with E-state index in [1.165, 1.54) is 148 Å². The van der Waals surface area contributed by atoms with Crippen molar-refractivity contribution in [1.29, 1.82) is 0 Å². The zero-order valence-electron chi connectivity index (χ0n) is 45.8. The van der Waals surface area contributed by atoms with Gasteiger partial charge in [0.2, 0.25) is 0 Å². The highest BCUT2D eigenvalue weighted by atomic mass is 16.6. The zero-order chi connectivity index (χ0) is 50.7. The SMILES string of the molecule is CC/C=C\C/C=C\C/C=C\C/C=C\C/C=C\CC(=O)OC(COC(=O)CCCCCCCCCCCC)COC(=O)CCCCCCCCCCCCCC/C=C\C/C=C\C/C=C\CCCCCCC. The lowest BCUT2D eigenvalue weighted by molar-refractivity contribution is -0.166. The normalized spacial score (nSPS) is 12.8. The van der Waals surface area contributed by atoms with E-state index in [0.717, 1.165) is 83.5 Å². The van der Waals surface area contributed by atoms with Gasteiger partial charge >= 0.3 is 17.9 Å². The standard InChI is InChI=1S/C64H108O6/c1-4-7-10-13-16-19-22-24-26-27-28-29-30-31-32-33-34-35-36-37-39-40-42-45-48-51-54-57-63(66)69-60-61(59-68-62(65)56-53-50-47-44-21-18-15-12-9-6-3)70-64(67)58-55-52-49-46-43-41-38-25-23-20-17-14-11-8-5-2/h8,11,17,20,22,24-25,27-28,30-31,38,43,46,52,55,61H,4-7,9-10,12-16,18-19,21,23,26,29,32-37,39-42,44-45,47-51,53-54,56-60H2,1-3H3/b11-8-,20-17-,24-22-,28-27-,31-30-,38-25-,46-43-,55-52-. The molecule has 6 heteroatoms. The van der Waals surface area contributed by atoms with Crippen molar-refractivity contribution >= 4 is 17.9 Å². The molecule has 0 fully saturated rings. The fourth-order valence-electron chi connectivity index (χ4n) is 8.00. The maximum atomic E-state index is 12.8. The first-order valence-electron chi connectivity index (χ1n) is 29.2. The van der Waals surface area contributed by atoms with E-state index < -0.39 is 12.1 Å².